The molecular weight excluding hydrogens is 400 g/mol. The van der Waals surface area contributed by atoms with Gasteiger partial charge in [-0.25, -0.2) is 0 Å². The van der Waals surface area contributed by atoms with E-state index in [9.17, 15) is 4.79 Å². The average Bonchev–Trinajstić information content (AvgIpc) is 3.19. The Hall–Kier alpha value is -3.60. The zero-order chi connectivity index (χ0) is 22.6. The molecule has 3 aromatic carbocycles. The Morgan fingerprint density at radius 3 is 2.50 bits per heavy atom. The normalized spacial score (nSPS) is 17.5. The molecule has 1 atom stereocenters. The van der Waals surface area contributed by atoms with Gasteiger partial charge in [0.2, 0.25) is 0 Å². The second-order valence-electron chi connectivity index (χ2n) is 8.16. The zero-order valence-corrected chi connectivity index (χ0v) is 18.7. The largest absolute Gasteiger partial charge is 0.489 e. The number of likely N-dealkylation sites (N-methyl/N-ethyl adjacent to an activating group) is 1. The predicted octanol–water partition coefficient (Wildman–Crippen LogP) is 4.61. The summed E-state index contributed by atoms with van der Waals surface area (Å²) in [6, 6.07) is 24.6. The number of hydrogen-bond donors (Lipinski definition) is 1. The number of hydrogen-bond acceptors (Lipinski definition) is 4. The number of nitrogens with one attached hydrogen (secondary N) is 1. The van der Waals surface area contributed by atoms with Crippen molar-refractivity contribution in [2.45, 2.75) is 31.8 Å². The van der Waals surface area contributed by atoms with Gasteiger partial charge in [0.1, 0.15) is 19.5 Å². The van der Waals surface area contributed by atoms with Crippen LogP contribution in [-0.2, 0) is 28.1 Å². The van der Waals surface area contributed by atoms with Crippen LogP contribution >= 0.6 is 0 Å². The lowest BCUT2D eigenvalue weighted by Gasteiger charge is -2.26. The first-order valence-electron chi connectivity index (χ1n) is 10.8. The summed E-state index contributed by atoms with van der Waals surface area (Å²) in [5.41, 5.74) is 5.94. The molecule has 0 aliphatic heterocycles. The van der Waals surface area contributed by atoms with Gasteiger partial charge in [0.15, 0.2) is 5.71 Å². The van der Waals surface area contributed by atoms with E-state index >= 15 is 0 Å². The van der Waals surface area contributed by atoms with E-state index in [-0.39, 0.29) is 17.0 Å². The van der Waals surface area contributed by atoms with Crippen molar-refractivity contribution < 1.29 is 14.4 Å². The summed E-state index contributed by atoms with van der Waals surface area (Å²) >= 11 is 0. The third-order valence-electron chi connectivity index (χ3n) is 6.29. The van der Waals surface area contributed by atoms with E-state index in [4.69, 9.17) is 9.57 Å². The quantitative estimate of drug-likeness (QED) is 0.441. The van der Waals surface area contributed by atoms with Crippen LogP contribution < -0.4 is 10.1 Å². The van der Waals surface area contributed by atoms with E-state index in [1.807, 2.05) is 36.4 Å². The van der Waals surface area contributed by atoms with Crippen molar-refractivity contribution in [1.82, 2.24) is 5.32 Å². The highest BCUT2D eigenvalue weighted by molar-refractivity contribution is 6.45. The zero-order valence-electron chi connectivity index (χ0n) is 18.7. The maximum absolute atomic E-state index is 12.2. The van der Waals surface area contributed by atoms with Gasteiger partial charge in [-0.05, 0) is 47.2 Å². The molecule has 3 aromatic rings. The van der Waals surface area contributed by atoms with Crippen LogP contribution in [0.2, 0.25) is 0 Å². The number of nitrogens with zero attached hydrogens (tertiary/aromatic N) is 1. The molecule has 1 aliphatic carbocycles. The molecule has 0 saturated heterocycles. The summed E-state index contributed by atoms with van der Waals surface area (Å²) in [7, 11) is 2.99. The van der Waals surface area contributed by atoms with Gasteiger partial charge in [0, 0.05) is 18.0 Å². The van der Waals surface area contributed by atoms with Gasteiger partial charge >= 0.3 is 0 Å². The van der Waals surface area contributed by atoms with Gasteiger partial charge in [-0.1, -0.05) is 72.7 Å². The summed E-state index contributed by atoms with van der Waals surface area (Å²) in [5.74, 6) is 0.470. The molecule has 1 unspecified atom stereocenters. The lowest BCUT2D eigenvalue weighted by atomic mass is 9.77. The van der Waals surface area contributed by atoms with Gasteiger partial charge in [0.25, 0.3) is 5.91 Å². The van der Waals surface area contributed by atoms with E-state index in [2.05, 4.69) is 53.8 Å². The van der Waals surface area contributed by atoms with Crippen LogP contribution in [0.5, 0.6) is 5.75 Å². The monoisotopic (exact) mass is 428 g/mol. The summed E-state index contributed by atoms with van der Waals surface area (Å²) in [5, 5.41) is 6.51. The third kappa shape index (κ3) is 4.11. The fourth-order valence-electron chi connectivity index (χ4n) is 4.48. The molecular formula is C27H28N2O3. The lowest BCUT2D eigenvalue weighted by Crippen LogP contribution is -2.29. The topological polar surface area (TPSA) is 59.9 Å². The Labute approximate surface area is 189 Å². The molecule has 164 valence electrons. The molecule has 1 N–H and O–H groups in total. The number of aryl methyl sites for hydroxylation is 1. The Bertz CT molecular complexity index is 1140. The van der Waals surface area contributed by atoms with Crippen molar-refractivity contribution in [2.24, 2.45) is 5.16 Å². The summed E-state index contributed by atoms with van der Waals surface area (Å²) in [4.78, 5) is 17.1. The number of fused-ring (bicyclic) bond motifs is 1. The van der Waals surface area contributed by atoms with Gasteiger partial charge in [-0.2, -0.15) is 0 Å². The van der Waals surface area contributed by atoms with Crippen molar-refractivity contribution in [1.29, 1.82) is 0 Å². The summed E-state index contributed by atoms with van der Waals surface area (Å²) in [6.07, 6.45) is 2.22. The number of carbonyl (C=O) groups is 1. The van der Waals surface area contributed by atoms with Crippen LogP contribution in [0.1, 0.15) is 41.2 Å². The van der Waals surface area contributed by atoms with Gasteiger partial charge < -0.3 is 14.9 Å². The van der Waals surface area contributed by atoms with Gasteiger partial charge in [-0.15, -0.1) is 0 Å². The van der Waals surface area contributed by atoms with Crippen LogP contribution in [0.15, 0.2) is 78.0 Å². The molecule has 5 nitrogen and oxygen atoms in total. The van der Waals surface area contributed by atoms with E-state index < -0.39 is 0 Å². The van der Waals surface area contributed by atoms with Crippen molar-refractivity contribution in [3.8, 4) is 5.75 Å². The standard InChI is InChI=1S/C27H28N2O3/c1-27(17-16-19-8-5-7-11-24(19)27)21-12-14-22(15-13-21)32-18-20-9-4-6-10-23(20)25(29-31-3)26(30)28-2/h4-15H,16-18H2,1-3H3,(H,28,30). The Morgan fingerprint density at radius 2 is 1.75 bits per heavy atom. The molecule has 5 heteroatoms. The second-order valence-corrected chi connectivity index (χ2v) is 8.16. The number of rotatable bonds is 7. The van der Waals surface area contributed by atoms with Crippen LogP contribution in [0.3, 0.4) is 0 Å². The fourth-order valence-corrected chi connectivity index (χ4v) is 4.48. The molecule has 0 radical (unpaired) electrons. The molecule has 0 aromatic heterocycles. The van der Waals surface area contributed by atoms with Crippen LogP contribution in [0, 0.1) is 0 Å². The highest BCUT2D eigenvalue weighted by Gasteiger charge is 2.35. The number of ether oxygens (including phenoxy) is 1. The number of oxime groups is 1. The summed E-state index contributed by atoms with van der Waals surface area (Å²) in [6.45, 7) is 2.63. The molecule has 0 fully saturated rings. The second kappa shape index (κ2) is 9.27. The minimum atomic E-state index is -0.311. The van der Waals surface area contributed by atoms with E-state index in [1.165, 1.54) is 23.8 Å². The molecule has 1 amide bonds. The Morgan fingerprint density at radius 1 is 1.03 bits per heavy atom. The molecule has 1 aliphatic rings. The average molecular weight is 429 g/mol. The Balaban J connectivity index is 1.52. The van der Waals surface area contributed by atoms with Crippen LogP contribution in [0.4, 0.5) is 0 Å². The lowest BCUT2D eigenvalue weighted by molar-refractivity contribution is -0.114. The summed E-state index contributed by atoms with van der Waals surface area (Å²) < 4.78 is 6.07. The maximum atomic E-state index is 12.2. The highest BCUT2D eigenvalue weighted by atomic mass is 16.6. The number of amides is 1. The van der Waals surface area contributed by atoms with E-state index in [0.29, 0.717) is 12.2 Å². The third-order valence-corrected chi connectivity index (χ3v) is 6.29. The van der Waals surface area contributed by atoms with Crippen molar-refractivity contribution >= 4 is 11.6 Å². The number of carbonyl (C=O) groups excluding carboxylic acids is 1. The van der Waals surface area contributed by atoms with Crippen LogP contribution in [-0.4, -0.2) is 25.8 Å². The molecule has 4 rings (SSSR count). The molecule has 0 saturated carbocycles. The Kier molecular flexibility index (Phi) is 6.26. The van der Waals surface area contributed by atoms with Crippen molar-refractivity contribution in [3.63, 3.8) is 0 Å². The molecule has 0 spiro atoms. The minimum Gasteiger partial charge on any atom is -0.489 e. The first-order valence-corrected chi connectivity index (χ1v) is 10.8. The number of benzene rings is 3. The minimum absolute atomic E-state index is 0.0285. The van der Waals surface area contributed by atoms with Gasteiger partial charge in [-0.3, -0.25) is 4.79 Å². The van der Waals surface area contributed by atoms with Crippen molar-refractivity contribution in [3.05, 3.63) is 101 Å². The van der Waals surface area contributed by atoms with Gasteiger partial charge in [0.05, 0.1) is 0 Å². The van der Waals surface area contributed by atoms with E-state index in [1.54, 1.807) is 7.05 Å². The van der Waals surface area contributed by atoms with E-state index in [0.717, 1.165) is 24.2 Å². The maximum Gasteiger partial charge on any atom is 0.273 e. The molecule has 0 heterocycles. The molecule has 32 heavy (non-hydrogen) atoms. The fraction of sp³-hybridized carbons (Fsp3) is 0.259. The van der Waals surface area contributed by atoms with Crippen LogP contribution in [0.25, 0.3) is 0 Å². The highest BCUT2D eigenvalue weighted by Crippen LogP contribution is 2.43. The SMILES string of the molecule is CNC(=O)C(=NOC)c1ccccc1COc1ccc(C2(C)CCc3ccccc32)cc1. The van der Waals surface area contributed by atoms with Crippen molar-refractivity contribution in [2.75, 3.05) is 14.2 Å². The first-order chi connectivity index (χ1) is 15.6. The first kappa shape index (κ1) is 21.6. The smallest absolute Gasteiger partial charge is 0.273 e. The molecule has 0 bridgehead atoms. The predicted molar refractivity (Wildman–Crippen MR) is 126 cm³/mol.